The summed E-state index contributed by atoms with van der Waals surface area (Å²) in [7, 11) is 0. The number of benzene rings is 1. The summed E-state index contributed by atoms with van der Waals surface area (Å²) in [5.74, 6) is 1.22. The number of carbonyl (C=O) groups excluding carboxylic acids is 2. The van der Waals surface area contributed by atoms with Crippen molar-refractivity contribution in [3.8, 4) is 0 Å². The summed E-state index contributed by atoms with van der Waals surface area (Å²) in [5.41, 5.74) is 1.47. The molecule has 2 fully saturated rings. The van der Waals surface area contributed by atoms with E-state index in [9.17, 15) is 9.59 Å². The van der Waals surface area contributed by atoms with Gasteiger partial charge in [-0.25, -0.2) is 0 Å². The molecule has 5 heteroatoms. The third-order valence-electron chi connectivity index (χ3n) is 5.01. The molecule has 2 amide bonds. The van der Waals surface area contributed by atoms with Crippen LogP contribution in [0.15, 0.2) is 24.3 Å². The zero-order valence-corrected chi connectivity index (χ0v) is 15.7. The molecule has 1 aliphatic heterocycles. The molecule has 0 radical (unpaired) electrons. The van der Waals surface area contributed by atoms with Gasteiger partial charge in [-0.05, 0) is 49.6 Å². The number of thioether (sulfide) groups is 1. The summed E-state index contributed by atoms with van der Waals surface area (Å²) in [4.78, 5) is 26.0. The van der Waals surface area contributed by atoms with Gasteiger partial charge in [0.15, 0.2) is 0 Å². The Balaban J connectivity index is 1.41. The highest BCUT2D eigenvalue weighted by atomic mass is 32.2. The molecule has 0 aromatic heterocycles. The summed E-state index contributed by atoms with van der Waals surface area (Å²) < 4.78 is 0. The first-order valence-corrected chi connectivity index (χ1v) is 10.6. The van der Waals surface area contributed by atoms with Crippen molar-refractivity contribution in [1.29, 1.82) is 0 Å². The molecule has 136 valence electrons. The summed E-state index contributed by atoms with van der Waals surface area (Å²) in [6.45, 7) is 1.47. The standard InChI is InChI=1S/C20H28N2O2S/c23-19-11-5-13-22(19)17-8-4-7-16(15-17)20(24)21-12-6-14-25-18-9-2-1-3-10-18/h4,7-8,15,18H,1-3,5-6,9-14H2,(H,21,24). The second kappa shape index (κ2) is 9.27. The third kappa shape index (κ3) is 5.24. The molecule has 25 heavy (non-hydrogen) atoms. The van der Waals surface area contributed by atoms with Crippen molar-refractivity contribution >= 4 is 29.3 Å². The van der Waals surface area contributed by atoms with Gasteiger partial charge >= 0.3 is 0 Å². The Labute approximate surface area is 154 Å². The van der Waals surface area contributed by atoms with Crippen LogP contribution in [0.2, 0.25) is 0 Å². The summed E-state index contributed by atoms with van der Waals surface area (Å²) >= 11 is 2.07. The lowest BCUT2D eigenvalue weighted by atomic mass is 10.0. The molecule has 3 rings (SSSR count). The van der Waals surface area contributed by atoms with Crippen LogP contribution < -0.4 is 10.2 Å². The average Bonchev–Trinajstić information content (AvgIpc) is 3.08. The van der Waals surface area contributed by atoms with Gasteiger partial charge in [0, 0.05) is 36.0 Å². The third-order valence-corrected chi connectivity index (χ3v) is 6.47. The molecular formula is C20H28N2O2S. The van der Waals surface area contributed by atoms with Gasteiger partial charge in [0.25, 0.3) is 5.91 Å². The fourth-order valence-electron chi connectivity index (χ4n) is 3.59. The second-order valence-electron chi connectivity index (χ2n) is 6.94. The summed E-state index contributed by atoms with van der Waals surface area (Å²) in [6.07, 6.45) is 9.39. The van der Waals surface area contributed by atoms with Gasteiger partial charge in [0.05, 0.1) is 0 Å². The molecule has 0 unspecified atom stereocenters. The van der Waals surface area contributed by atoms with Gasteiger partial charge in [0.1, 0.15) is 0 Å². The monoisotopic (exact) mass is 360 g/mol. The Kier molecular flexibility index (Phi) is 6.79. The van der Waals surface area contributed by atoms with E-state index >= 15 is 0 Å². The Bertz CT molecular complexity index is 599. The lowest BCUT2D eigenvalue weighted by molar-refractivity contribution is -0.117. The second-order valence-corrected chi connectivity index (χ2v) is 8.35. The van der Waals surface area contributed by atoms with Crippen LogP contribution in [0, 0.1) is 0 Å². The number of rotatable bonds is 7. The Morgan fingerprint density at radius 3 is 2.80 bits per heavy atom. The Morgan fingerprint density at radius 2 is 2.04 bits per heavy atom. The van der Waals surface area contributed by atoms with Gasteiger partial charge in [-0.15, -0.1) is 0 Å². The molecule has 1 aromatic carbocycles. The minimum Gasteiger partial charge on any atom is -0.352 e. The van der Waals surface area contributed by atoms with Gasteiger partial charge in [-0.2, -0.15) is 11.8 Å². The smallest absolute Gasteiger partial charge is 0.251 e. The van der Waals surface area contributed by atoms with Crippen LogP contribution in [-0.2, 0) is 4.79 Å². The summed E-state index contributed by atoms with van der Waals surface area (Å²) in [5, 5.41) is 3.84. The van der Waals surface area contributed by atoms with Crippen LogP contribution in [0.5, 0.6) is 0 Å². The van der Waals surface area contributed by atoms with E-state index < -0.39 is 0 Å². The SMILES string of the molecule is O=C(NCCCSC1CCCCC1)c1cccc(N2CCCC2=O)c1. The fourth-order valence-corrected chi connectivity index (χ4v) is 4.91. The molecule has 1 N–H and O–H groups in total. The zero-order chi connectivity index (χ0) is 17.5. The molecular weight excluding hydrogens is 332 g/mol. The Hall–Kier alpha value is -1.49. The molecule has 0 atom stereocenters. The summed E-state index contributed by atoms with van der Waals surface area (Å²) in [6, 6.07) is 7.40. The molecule has 2 aliphatic rings. The highest BCUT2D eigenvalue weighted by molar-refractivity contribution is 7.99. The van der Waals surface area contributed by atoms with Gasteiger partial charge in [0.2, 0.25) is 5.91 Å². The lowest BCUT2D eigenvalue weighted by Crippen LogP contribution is -2.26. The highest BCUT2D eigenvalue weighted by Gasteiger charge is 2.22. The quantitative estimate of drug-likeness (QED) is 0.748. The van der Waals surface area contributed by atoms with Crippen LogP contribution in [0.25, 0.3) is 0 Å². The largest absolute Gasteiger partial charge is 0.352 e. The Morgan fingerprint density at radius 1 is 1.20 bits per heavy atom. The van der Waals surface area contributed by atoms with Gasteiger partial charge in [-0.3, -0.25) is 9.59 Å². The number of hydrogen-bond acceptors (Lipinski definition) is 3. The molecule has 1 aromatic rings. The number of nitrogens with zero attached hydrogens (tertiary/aromatic N) is 1. The molecule has 1 heterocycles. The van der Waals surface area contributed by atoms with Crippen LogP contribution in [0.1, 0.15) is 61.7 Å². The fraction of sp³-hybridized carbons (Fsp3) is 0.600. The molecule has 0 spiro atoms. The van der Waals surface area contributed by atoms with Crippen molar-refractivity contribution in [2.24, 2.45) is 0 Å². The lowest BCUT2D eigenvalue weighted by Gasteiger charge is -2.20. The van der Waals surface area contributed by atoms with Crippen molar-refractivity contribution in [2.75, 3.05) is 23.7 Å². The zero-order valence-electron chi connectivity index (χ0n) is 14.8. The van der Waals surface area contributed by atoms with Crippen LogP contribution in [0.4, 0.5) is 5.69 Å². The van der Waals surface area contributed by atoms with Crippen molar-refractivity contribution in [1.82, 2.24) is 5.32 Å². The van der Waals surface area contributed by atoms with Crippen molar-refractivity contribution < 1.29 is 9.59 Å². The maximum atomic E-state index is 12.3. The average molecular weight is 361 g/mol. The number of amides is 2. The first-order chi connectivity index (χ1) is 12.2. The van der Waals surface area contributed by atoms with E-state index in [1.807, 2.05) is 24.3 Å². The number of anilines is 1. The van der Waals surface area contributed by atoms with Crippen LogP contribution >= 0.6 is 11.8 Å². The molecule has 4 nitrogen and oxygen atoms in total. The van der Waals surface area contributed by atoms with E-state index in [1.165, 1.54) is 32.1 Å². The van der Waals surface area contributed by atoms with Gasteiger partial charge in [-0.1, -0.05) is 25.3 Å². The maximum absolute atomic E-state index is 12.3. The maximum Gasteiger partial charge on any atom is 0.251 e. The normalized spacial score (nSPS) is 18.6. The van der Waals surface area contributed by atoms with Crippen molar-refractivity contribution in [3.05, 3.63) is 29.8 Å². The highest BCUT2D eigenvalue weighted by Crippen LogP contribution is 2.28. The number of nitrogens with one attached hydrogen (secondary N) is 1. The van der Waals surface area contributed by atoms with Crippen LogP contribution in [-0.4, -0.2) is 35.9 Å². The topological polar surface area (TPSA) is 49.4 Å². The van der Waals surface area contributed by atoms with E-state index in [-0.39, 0.29) is 11.8 Å². The van der Waals surface area contributed by atoms with E-state index in [0.29, 0.717) is 18.5 Å². The minimum absolute atomic E-state index is 0.0452. The van der Waals surface area contributed by atoms with Crippen LogP contribution in [0.3, 0.4) is 0 Å². The first kappa shape index (κ1) is 18.3. The van der Waals surface area contributed by atoms with Gasteiger partial charge < -0.3 is 10.2 Å². The number of hydrogen-bond donors (Lipinski definition) is 1. The van der Waals surface area contributed by atoms with Crippen molar-refractivity contribution in [2.45, 2.75) is 56.6 Å². The van der Waals surface area contributed by atoms with E-state index in [4.69, 9.17) is 0 Å². The minimum atomic E-state index is -0.0452. The molecule has 1 saturated heterocycles. The van der Waals surface area contributed by atoms with E-state index in [1.54, 1.807) is 4.90 Å². The predicted molar refractivity (Wildman–Crippen MR) is 104 cm³/mol. The molecule has 1 saturated carbocycles. The van der Waals surface area contributed by atoms with Crippen molar-refractivity contribution in [3.63, 3.8) is 0 Å². The van der Waals surface area contributed by atoms with E-state index in [0.717, 1.165) is 36.1 Å². The molecule has 1 aliphatic carbocycles. The molecule has 0 bridgehead atoms. The first-order valence-electron chi connectivity index (χ1n) is 9.54. The number of carbonyl (C=O) groups is 2. The van der Waals surface area contributed by atoms with E-state index in [2.05, 4.69) is 17.1 Å². The predicted octanol–water partition coefficient (Wildman–Crippen LogP) is 4.00.